The predicted octanol–water partition coefficient (Wildman–Crippen LogP) is 4.78. The maximum atomic E-state index is 13.0. The second-order valence-electron chi connectivity index (χ2n) is 4.81. The van der Waals surface area contributed by atoms with Gasteiger partial charge in [0.1, 0.15) is 12.4 Å². The first-order chi connectivity index (χ1) is 9.47. The smallest absolute Gasteiger partial charge is 0.416 e. The first-order valence-corrected chi connectivity index (χ1v) is 6.25. The Hall–Kier alpha value is -1.97. The third kappa shape index (κ3) is 2.15. The van der Waals surface area contributed by atoms with E-state index >= 15 is 0 Å². The van der Waals surface area contributed by atoms with E-state index in [1.54, 1.807) is 0 Å². The van der Waals surface area contributed by atoms with Crippen LogP contribution in [0.1, 0.15) is 16.7 Å². The number of hydrogen-bond donors (Lipinski definition) is 0. The molecular formula is C16H12F3O. The molecule has 0 atom stereocenters. The Kier molecular flexibility index (Phi) is 2.96. The highest BCUT2D eigenvalue weighted by Crippen LogP contribution is 2.43. The fraction of sp³-hybridized carbons (Fsp3) is 0.188. The Labute approximate surface area is 115 Å². The molecule has 0 N–H and O–H groups in total. The van der Waals surface area contributed by atoms with Crippen LogP contribution in [0.15, 0.2) is 36.4 Å². The third-order valence-electron chi connectivity index (χ3n) is 3.43. The number of halogens is 3. The molecule has 0 unspecified atom stereocenters. The topological polar surface area (TPSA) is 9.23 Å². The van der Waals surface area contributed by atoms with Crippen LogP contribution < -0.4 is 4.74 Å². The number of alkyl halides is 3. The summed E-state index contributed by atoms with van der Waals surface area (Å²) in [6, 6.07) is 9.70. The molecule has 3 rings (SSSR count). The molecule has 2 aromatic rings. The van der Waals surface area contributed by atoms with Gasteiger partial charge >= 0.3 is 6.18 Å². The lowest BCUT2D eigenvalue weighted by Crippen LogP contribution is -2.06. The average Bonchev–Trinajstić information content (AvgIpc) is 2.85. The van der Waals surface area contributed by atoms with Crippen LogP contribution in [0.4, 0.5) is 13.2 Å². The molecule has 1 aliphatic heterocycles. The van der Waals surface area contributed by atoms with Gasteiger partial charge in [0.25, 0.3) is 0 Å². The van der Waals surface area contributed by atoms with Crippen molar-refractivity contribution in [3.63, 3.8) is 0 Å². The summed E-state index contributed by atoms with van der Waals surface area (Å²) in [7, 11) is 0. The van der Waals surface area contributed by atoms with Gasteiger partial charge in [0.05, 0.1) is 5.56 Å². The molecule has 0 saturated carbocycles. The van der Waals surface area contributed by atoms with Crippen LogP contribution in [0.5, 0.6) is 5.75 Å². The molecule has 0 aromatic heterocycles. The van der Waals surface area contributed by atoms with Crippen molar-refractivity contribution in [2.45, 2.75) is 19.5 Å². The van der Waals surface area contributed by atoms with E-state index in [0.29, 0.717) is 23.3 Å². The van der Waals surface area contributed by atoms with Crippen LogP contribution >= 0.6 is 0 Å². The molecule has 4 heteroatoms. The third-order valence-corrected chi connectivity index (χ3v) is 3.43. The SMILES string of the molecule is Cc1ccccc1-c1cc(C(F)(F)F)cc2c1O[CH]C2. The van der Waals surface area contributed by atoms with Gasteiger partial charge in [-0.2, -0.15) is 13.2 Å². The highest BCUT2D eigenvalue weighted by molar-refractivity contribution is 5.76. The highest BCUT2D eigenvalue weighted by Gasteiger charge is 2.33. The van der Waals surface area contributed by atoms with Gasteiger partial charge in [0.2, 0.25) is 0 Å². The van der Waals surface area contributed by atoms with Gasteiger partial charge in [-0.25, -0.2) is 0 Å². The van der Waals surface area contributed by atoms with E-state index < -0.39 is 11.7 Å². The molecule has 1 aliphatic rings. The zero-order chi connectivity index (χ0) is 14.3. The van der Waals surface area contributed by atoms with Gasteiger partial charge in [0, 0.05) is 12.0 Å². The number of fused-ring (bicyclic) bond motifs is 1. The number of aryl methyl sites for hydroxylation is 1. The summed E-state index contributed by atoms with van der Waals surface area (Å²) in [5.74, 6) is 0.535. The Balaban J connectivity index is 2.25. The van der Waals surface area contributed by atoms with Crippen LogP contribution in [0.3, 0.4) is 0 Å². The van der Waals surface area contributed by atoms with Crippen molar-refractivity contribution in [1.82, 2.24) is 0 Å². The lowest BCUT2D eigenvalue weighted by Gasteiger charge is -2.14. The molecule has 0 spiro atoms. The predicted molar refractivity (Wildman–Crippen MR) is 70.2 cm³/mol. The number of rotatable bonds is 1. The van der Waals surface area contributed by atoms with Crippen LogP contribution in [-0.2, 0) is 12.6 Å². The van der Waals surface area contributed by atoms with Crippen LogP contribution in [0, 0.1) is 13.5 Å². The summed E-state index contributed by atoms with van der Waals surface area (Å²) < 4.78 is 44.4. The molecule has 0 bridgehead atoms. The lowest BCUT2D eigenvalue weighted by molar-refractivity contribution is -0.137. The molecule has 2 aromatic carbocycles. The fourth-order valence-electron chi connectivity index (χ4n) is 2.43. The van der Waals surface area contributed by atoms with Gasteiger partial charge in [-0.1, -0.05) is 24.3 Å². The molecule has 1 radical (unpaired) electrons. The standard InChI is InChI=1S/C16H12F3O/c1-10-4-2-3-5-13(10)14-9-12(16(17,18)19)8-11-6-7-20-15(11)14/h2-5,7-9H,6H2,1H3. The maximum absolute atomic E-state index is 13.0. The second kappa shape index (κ2) is 4.54. The van der Waals surface area contributed by atoms with Gasteiger partial charge in [0.15, 0.2) is 0 Å². The molecule has 0 aliphatic carbocycles. The highest BCUT2D eigenvalue weighted by atomic mass is 19.4. The van der Waals surface area contributed by atoms with Crippen LogP contribution in [0.25, 0.3) is 11.1 Å². The van der Waals surface area contributed by atoms with Gasteiger partial charge in [-0.15, -0.1) is 0 Å². The van der Waals surface area contributed by atoms with E-state index in [4.69, 9.17) is 4.74 Å². The molecule has 20 heavy (non-hydrogen) atoms. The van der Waals surface area contributed by atoms with Gasteiger partial charge in [-0.3, -0.25) is 0 Å². The van der Waals surface area contributed by atoms with E-state index in [-0.39, 0.29) is 0 Å². The first kappa shape index (κ1) is 13.0. The number of ether oxygens (including phenoxy) is 1. The van der Waals surface area contributed by atoms with E-state index in [1.165, 1.54) is 18.7 Å². The minimum absolute atomic E-state index is 0.401. The fourth-order valence-corrected chi connectivity index (χ4v) is 2.43. The van der Waals surface area contributed by atoms with Crippen molar-refractivity contribution < 1.29 is 17.9 Å². The molecule has 0 fully saturated rings. The summed E-state index contributed by atoms with van der Waals surface area (Å²) in [6.07, 6.45) is -3.95. The first-order valence-electron chi connectivity index (χ1n) is 6.25. The van der Waals surface area contributed by atoms with Crippen molar-refractivity contribution >= 4 is 0 Å². The monoisotopic (exact) mass is 277 g/mol. The second-order valence-corrected chi connectivity index (χ2v) is 4.81. The number of hydrogen-bond acceptors (Lipinski definition) is 1. The van der Waals surface area contributed by atoms with E-state index in [9.17, 15) is 13.2 Å². The maximum Gasteiger partial charge on any atom is 0.416 e. The zero-order valence-corrected chi connectivity index (χ0v) is 10.8. The molecule has 1 nitrogen and oxygen atoms in total. The number of benzene rings is 2. The van der Waals surface area contributed by atoms with Gasteiger partial charge in [-0.05, 0) is 35.7 Å². The normalized spacial score (nSPS) is 14.0. The lowest BCUT2D eigenvalue weighted by atomic mass is 9.95. The molecular weight excluding hydrogens is 265 g/mol. The molecule has 1 heterocycles. The summed E-state index contributed by atoms with van der Waals surface area (Å²) >= 11 is 0. The summed E-state index contributed by atoms with van der Waals surface area (Å²) in [5, 5.41) is 0. The van der Waals surface area contributed by atoms with E-state index in [2.05, 4.69) is 0 Å². The largest absolute Gasteiger partial charge is 0.485 e. The summed E-state index contributed by atoms with van der Waals surface area (Å²) in [5.41, 5.74) is 2.14. The Bertz CT molecular complexity index is 659. The van der Waals surface area contributed by atoms with Crippen molar-refractivity contribution in [1.29, 1.82) is 0 Å². The quantitative estimate of drug-likeness (QED) is 0.729. The van der Waals surface area contributed by atoms with Crippen molar-refractivity contribution in [3.8, 4) is 16.9 Å². The van der Waals surface area contributed by atoms with E-state index in [0.717, 1.165) is 11.1 Å². The molecule has 0 saturated heterocycles. The van der Waals surface area contributed by atoms with Gasteiger partial charge < -0.3 is 4.74 Å². The van der Waals surface area contributed by atoms with Crippen molar-refractivity contribution in [3.05, 3.63) is 59.7 Å². The molecule has 103 valence electrons. The summed E-state index contributed by atoms with van der Waals surface area (Å²) in [4.78, 5) is 0. The Morgan fingerprint density at radius 2 is 1.80 bits per heavy atom. The average molecular weight is 277 g/mol. The zero-order valence-electron chi connectivity index (χ0n) is 10.8. The minimum atomic E-state index is -4.35. The van der Waals surface area contributed by atoms with E-state index in [1.807, 2.05) is 31.2 Å². The van der Waals surface area contributed by atoms with Crippen LogP contribution in [0.2, 0.25) is 0 Å². The van der Waals surface area contributed by atoms with Crippen molar-refractivity contribution in [2.24, 2.45) is 0 Å². The Morgan fingerprint density at radius 1 is 1.05 bits per heavy atom. The Morgan fingerprint density at radius 3 is 2.50 bits per heavy atom. The van der Waals surface area contributed by atoms with Crippen LogP contribution in [-0.4, -0.2) is 0 Å². The molecule has 0 amide bonds. The minimum Gasteiger partial charge on any atom is -0.485 e. The summed E-state index contributed by atoms with van der Waals surface area (Å²) in [6.45, 7) is 3.41. The van der Waals surface area contributed by atoms with Crippen molar-refractivity contribution in [2.75, 3.05) is 0 Å².